The third kappa shape index (κ3) is 3.08. The van der Waals surface area contributed by atoms with Gasteiger partial charge in [-0.3, -0.25) is 0 Å². The smallest absolute Gasteiger partial charge is 0.0715 e. The molecule has 1 atom stereocenters. The highest BCUT2D eigenvalue weighted by molar-refractivity contribution is 5.37. The molecule has 0 saturated carbocycles. The van der Waals surface area contributed by atoms with E-state index in [1.54, 1.807) is 7.11 Å². The zero-order valence-corrected chi connectivity index (χ0v) is 11.1. The average Bonchev–Trinajstić information content (AvgIpc) is 2.29. The molecule has 2 heteroatoms. The van der Waals surface area contributed by atoms with E-state index in [0.29, 0.717) is 6.04 Å². The van der Waals surface area contributed by atoms with Crippen molar-refractivity contribution in [2.75, 3.05) is 7.11 Å². The maximum absolute atomic E-state index is 5.29. The first-order valence-electron chi connectivity index (χ1n) is 6.52. The summed E-state index contributed by atoms with van der Waals surface area (Å²) < 4.78 is 5.29. The second kappa shape index (κ2) is 5.65. The van der Waals surface area contributed by atoms with Crippen LogP contribution in [0.4, 0.5) is 0 Å². The average molecular weight is 233 g/mol. The summed E-state index contributed by atoms with van der Waals surface area (Å²) in [5.74, 6) is 0.753. The van der Waals surface area contributed by atoms with Gasteiger partial charge in [-0.25, -0.2) is 0 Å². The van der Waals surface area contributed by atoms with Crippen LogP contribution in [-0.2, 0) is 24.3 Å². The Morgan fingerprint density at radius 2 is 2.24 bits per heavy atom. The van der Waals surface area contributed by atoms with E-state index in [9.17, 15) is 0 Å². The van der Waals surface area contributed by atoms with Crippen molar-refractivity contribution in [2.45, 2.75) is 45.9 Å². The Morgan fingerprint density at radius 3 is 2.94 bits per heavy atom. The predicted octanol–water partition coefficient (Wildman–Crippen LogP) is 2.89. The molecular weight excluding hydrogens is 210 g/mol. The highest BCUT2D eigenvalue weighted by Gasteiger charge is 2.20. The van der Waals surface area contributed by atoms with E-state index in [-0.39, 0.29) is 0 Å². The topological polar surface area (TPSA) is 21.3 Å². The van der Waals surface area contributed by atoms with Gasteiger partial charge in [0.1, 0.15) is 0 Å². The summed E-state index contributed by atoms with van der Waals surface area (Å²) in [5.41, 5.74) is 4.32. The number of methoxy groups -OCH3 is 1. The van der Waals surface area contributed by atoms with Gasteiger partial charge in [0.05, 0.1) is 6.61 Å². The number of ether oxygens (including phenoxy) is 1. The van der Waals surface area contributed by atoms with Crippen LogP contribution in [0.3, 0.4) is 0 Å². The number of hydrogen-bond donors (Lipinski definition) is 1. The Morgan fingerprint density at radius 1 is 1.41 bits per heavy atom. The standard InChI is InChI=1S/C15H23NO/c1-11(2)7-14-8-15-12(9-16-14)5-4-6-13(15)10-17-3/h4-6,11,14,16H,7-10H2,1-3H3. The van der Waals surface area contributed by atoms with Crippen molar-refractivity contribution in [1.29, 1.82) is 0 Å². The molecule has 1 aromatic carbocycles. The van der Waals surface area contributed by atoms with Crippen molar-refractivity contribution in [2.24, 2.45) is 5.92 Å². The molecule has 1 N–H and O–H groups in total. The zero-order chi connectivity index (χ0) is 12.3. The third-order valence-electron chi connectivity index (χ3n) is 3.46. The van der Waals surface area contributed by atoms with Crippen molar-refractivity contribution in [3.63, 3.8) is 0 Å². The monoisotopic (exact) mass is 233 g/mol. The molecule has 1 aliphatic rings. The van der Waals surface area contributed by atoms with E-state index in [1.165, 1.54) is 23.1 Å². The molecule has 0 fully saturated rings. The van der Waals surface area contributed by atoms with Gasteiger partial charge in [-0.05, 0) is 35.4 Å². The fourth-order valence-corrected chi connectivity index (χ4v) is 2.71. The molecule has 0 saturated heterocycles. The number of nitrogens with one attached hydrogen (secondary N) is 1. The summed E-state index contributed by atoms with van der Waals surface area (Å²) in [4.78, 5) is 0. The number of fused-ring (bicyclic) bond motifs is 1. The van der Waals surface area contributed by atoms with Crippen LogP contribution in [0.5, 0.6) is 0 Å². The molecule has 2 nitrogen and oxygen atoms in total. The molecule has 0 radical (unpaired) electrons. The molecule has 17 heavy (non-hydrogen) atoms. The molecule has 2 rings (SSSR count). The van der Waals surface area contributed by atoms with E-state index in [0.717, 1.165) is 25.5 Å². The minimum absolute atomic E-state index is 0.625. The fourth-order valence-electron chi connectivity index (χ4n) is 2.71. The van der Waals surface area contributed by atoms with Crippen LogP contribution in [0.2, 0.25) is 0 Å². The lowest BCUT2D eigenvalue weighted by Gasteiger charge is -2.29. The first-order chi connectivity index (χ1) is 8.20. The van der Waals surface area contributed by atoms with Crippen molar-refractivity contribution < 1.29 is 4.74 Å². The van der Waals surface area contributed by atoms with Crippen molar-refractivity contribution in [1.82, 2.24) is 5.32 Å². The molecular formula is C15H23NO. The fraction of sp³-hybridized carbons (Fsp3) is 0.600. The summed E-state index contributed by atoms with van der Waals surface area (Å²) in [5, 5.41) is 3.64. The SMILES string of the molecule is COCc1cccc2c1CC(CC(C)C)NC2. The Labute approximate surface area is 104 Å². The number of benzene rings is 1. The molecule has 0 spiro atoms. The Hall–Kier alpha value is -0.860. The van der Waals surface area contributed by atoms with Crippen LogP contribution in [0.15, 0.2) is 18.2 Å². The van der Waals surface area contributed by atoms with Gasteiger partial charge < -0.3 is 10.1 Å². The highest BCUT2D eigenvalue weighted by Crippen LogP contribution is 2.24. The van der Waals surface area contributed by atoms with Gasteiger partial charge in [0.15, 0.2) is 0 Å². The van der Waals surface area contributed by atoms with Gasteiger partial charge in [0.25, 0.3) is 0 Å². The van der Waals surface area contributed by atoms with E-state index in [4.69, 9.17) is 4.74 Å². The lowest BCUT2D eigenvalue weighted by Crippen LogP contribution is -2.37. The molecule has 1 unspecified atom stereocenters. The third-order valence-corrected chi connectivity index (χ3v) is 3.46. The van der Waals surface area contributed by atoms with E-state index < -0.39 is 0 Å². The van der Waals surface area contributed by atoms with Crippen LogP contribution in [0.1, 0.15) is 37.0 Å². The van der Waals surface area contributed by atoms with Gasteiger partial charge in [-0.15, -0.1) is 0 Å². The molecule has 0 aromatic heterocycles. The molecule has 0 aliphatic carbocycles. The predicted molar refractivity (Wildman–Crippen MR) is 70.9 cm³/mol. The Balaban J connectivity index is 2.16. The van der Waals surface area contributed by atoms with Crippen LogP contribution in [-0.4, -0.2) is 13.2 Å². The molecule has 0 bridgehead atoms. The zero-order valence-electron chi connectivity index (χ0n) is 11.1. The molecule has 1 heterocycles. The van der Waals surface area contributed by atoms with Crippen molar-refractivity contribution >= 4 is 0 Å². The van der Waals surface area contributed by atoms with E-state index in [1.807, 2.05) is 0 Å². The molecule has 0 amide bonds. The summed E-state index contributed by atoms with van der Waals surface area (Å²) in [7, 11) is 1.77. The lowest BCUT2D eigenvalue weighted by molar-refractivity contribution is 0.183. The van der Waals surface area contributed by atoms with Gasteiger partial charge in [0, 0.05) is 19.7 Å². The van der Waals surface area contributed by atoms with E-state index >= 15 is 0 Å². The maximum atomic E-state index is 5.29. The second-order valence-electron chi connectivity index (χ2n) is 5.40. The van der Waals surface area contributed by atoms with Crippen LogP contribution >= 0.6 is 0 Å². The second-order valence-corrected chi connectivity index (χ2v) is 5.40. The summed E-state index contributed by atoms with van der Waals surface area (Å²) in [6.45, 7) is 6.32. The summed E-state index contributed by atoms with van der Waals surface area (Å²) >= 11 is 0. The summed E-state index contributed by atoms with van der Waals surface area (Å²) in [6, 6.07) is 7.19. The van der Waals surface area contributed by atoms with Gasteiger partial charge in [-0.1, -0.05) is 32.0 Å². The minimum atomic E-state index is 0.625. The normalized spacial score (nSPS) is 19.4. The largest absolute Gasteiger partial charge is 0.380 e. The first kappa shape index (κ1) is 12.6. The molecule has 94 valence electrons. The van der Waals surface area contributed by atoms with Crippen LogP contribution in [0, 0.1) is 5.92 Å². The van der Waals surface area contributed by atoms with Crippen LogP contribution in [0.25, 0.3) is 0 Å². The molecule has 1 aromatic rings. The Bertz CT molecular complexity index is 373. The van der Waals surface area contributed by atoms with Gasteiger partial charge in [0.2, 0.25) is 0 Å². The Kier molecular flexibility index (Phi) is 4.19. The first-order valence-corrected chi connectivity index (χ1v) is 6.52. The number of hydrogen-bond acceptors (Lipinski definition) is 2. The van der Waals surface area contributed by atoms with E-state index in [2.05, 4.69) is 37.4 Å². The van der Waals surface area contributed by atoms with Crippen LogP contribution < -0.4 is 5.32 Å². The summed E-state index contributed by atoms with van der Waals surface area (Å²) in [6.07, 6.45) is 2.40. The van der Waals surface area contributed by atoms with Gasteiger partial charge in [-0.2, -0.15) is 0 Å². The number of rotatable bonds is 4. The maximum Gasteiger partial charge on any atom is 0.0715 e. The van der Waals surface area contributed by atoms with Crippen molar-refractivity contribution in [3.8, 4) is 0 Å². The van der Waals surface area contributed by atoms with Gasteiger partial charge >= 0.3 is 0 Å². The quantitative estimate of drug-likeness (QED) is 0.863. The minimum Gasteiger partial charge on any atom is -0.380 e. The highest BCUT2D eigenvalue weighted by atomic mass is 16.5. The lowest BCUT2D eigenvalue weighted by atomic mass is 9.88. The van der Waals surface area contributed by atoms with Crippen molar-refractivity contribution in [3.05, 3.63) is 34.9 Å². The molecule has 1 aliphatic heterocycles.